The number of rotatable bonds is 4. The van der Waals surface area contributed by atoms with Crippen LogP contribution in [0.2, 0.25) is 0 Å². The Kier molecular flexibility index (Phi) is 4.18. The Morgan fingerprint density at radius 2 is 2.25 bits per heavy atom. The van der Waals surface area contributed by atoms with Crippen LogP contribution in [0.15, 0.2) is 24.3 Å². The van der Waals surface area contributed by atoms with Crippen molar-refractivity contribution in [3.8, 4) is 0 Å². The van der Waals surface area contributed by atoms with Gasteiger partial charge in [-0.05, 0) is 5.56 Å². The van der Waals surface area contributed by atoms with Crippen LogP contribution < -0.4 is 0 Å². The van der Waals surface area contributed by atoms with Crippen molar-refractivity contribution in [3.63, 3.8) is 0 Å². The molecule has 2 rings (SSSR count). The van der Waals surface area contributed by atoms with E-state index >= 15 is 0 Å². The first-order chi connectivity index (χ1) is 7.85. The molecule has 16 heavy (non-hydrogen) atoms. The van der Waals surface area contributed by atoms with E-state index in [0.717, 1.165) is 11.1 Å². The summed E-state index contributed by atoms with van der Waals surface area (Å²) in [7, 11) is 1.68. The van der Waals surface area contributed by atoms with Crippen molar-refractivity contribution in [2.45, 2.75) is 19.0 Å². The molecule has 1 aliphatic rings. The average molecular weight is 243 g/mol. The first-order valence-electron chi connectivity index (χ1n) is 5.25. The Morgan fingerprint density at radius 1 is 1.44 bits per heavy atom. The maximum Gasteiger partial charge on any atom is 0.184 e. The summed E-state index contributed by atoms with van der Waals surface area (Å²) in [6.07, 6.45) is -0.322. The van der Waals surface area contributed by atoms with Crippen molar-refractivity contribution in [2.24, 2.45) is 0 Å². The Labute approximate surface area is 100 Å². The van der Waals surface area contributed by atoms with E-state index in [2.05, 4.69) is 0 Å². The van der Waals surface area contributed by atoms with Crippen LogP contribution in [0.5, 0.6) is 0 Å². The van der Waals surface area contributed by atoms with Crippen LogP contribution in [0.25, 0.3) is 0 Å². The lowest BCUT2D eigenvalue weighted by Crippen LogP contribution is -2.11. The molecule has 88 valence electrons. The molecule has 1 heterocycles. The Bertz CT molecular complexity index is 343. The fourth-order valence-corrected chi connectivity index (χ4v) is 1.90. The molecule has 1 aromatic rings. The number of halogens is 1. The van der Waals surface area contributed by atoms with Gasteiger partial charge in [0.05, 0.1) is 25.2 Å². The molecule has 0 spiro atoms. The van der Waals surface area contributed by atoms with Crippen molar-refractivity contribution in [3.05, 3.63) is 35.4 Å². The highest BCUT2D eigenvalue weighted by Crippen LogP contribution is 2.29. The van der Waals surface area contributed by atoms with Crippen LogP contribution in [0, 0.1) is 0 Å². The fraction of sp³-hybridized carbons (Fsp3) is 0.500. The summed E-state index contributed by atoms with van der Waals surface area (Å²) in [4.78, 5) is 0. The van der Waals surface area contributed by atoms with Crippen LogP contribution >= 0.6 is 11.6 Å². The third-order valence-corrected chi connectivity index (χ3v) is 2.87. The van der Waals surface area contributed by atoms with Gasteiger partial charge in [-0.3, -0.25) is 0 Å². The van der Waals surface area contributed by atoms with Gasteiger partial charge in [-0.15, -0.1) is 11.6 Å². The Morgan fingerprint density at radius 3 is 2.94 bits per heavy atom. The monoisotopic (exact) mass is 242 g/mol. The highest BCUT2D eigenvalue weighted by Gasteiger charge is 2.27. The minimum atomic E-state index is -0.310. The summed E-state index contributed by atoms with van der Waals surface area (Å²) in [6, 6.07) is 7.95. The van der Waals surface area contributed by atoms with Crippen LogP contribution in [0.3, 0.4) is 0 Å². The molecule has 1 aliphatic heterocycles. The summed E-state index contributed by atoms with van der Waals surface area (Å²) in [5, 5.41) is 0. The van der Waals surface area contributed by atoms with E-state index in [1.54, 1.807) is 7.11 Å². The summed E-state index contributed by atoms with van der Waals surface area (Å²) >= 11 is 5.73. The summed E-state index contributed by atoms with van der Waals surface area (Å²) in [5.74, 6) is 0.461. The van der Waals surface area contributed by atoms with Crippen molar-refractivity contribution >= 4 is 11.6 Å². The van der Waals surface area contributed by atoms with Gasteiger partial charge in [0.25, 0.3) is 0 Å². The lowest BCUT2D eigenvalue weighted by atomic mass is 10.1. The first kappa shape index (κ1) is 11.9. The third-order valence-electron chi connectivity index (χ3n) is 2.53. The molecule has 2 atom stereocenters. The highest BCUT2D eigenvalue weighted by molar-refractivity contribution is 6.18. The van der Waals surface area contributed by atoms with Crippen LogP contribution in [0.4, 0.5) is 0 Å². The molecule has 0 N–H and O–H groups in total. The number of ether oxygens (including phenoxy) is 3. The van der Waals surface area contributed by atoms with Gasteiger partial charge in [-0.1, -0.05) is 24.3 Å². The van der Waals surface area contributed by atoms with Gasteiger partial charge in [0, 0.05) is 12.7 Å². The van der Waals surface area contributed by atoms with Crippen molar-refractivity contribution in [1.82, 2.24) is 0 Å². The van der Waals surface area contributed by atoms with Gasteiger partial charge >= 0.3 is 0 Å². The SMILES string of the molecule is COCc1ccccc1C1OCC(CCl)O1. The Hall–Kier alpha value is -0.610. The van der Waals surface area contributed by atoms with Crippen molar-refractivity contribution in [2.75, 3.05) is 19.6 Å². The standard InChI is InChI=1S/C12H15ClO3/c1-14-7-9-4-2-3-5-11(9)12-15-8-10(6-13)16-12/h2-5,10,12H,6-8H2,1H3. The predicted octanol–water partition coefficient (Wildman–Crippen LogP) is 2.49. The molecule has 1 fully saturated rings. The van der Waals surface area contributed by atoms with Gasteiger partial charge in [-0.2, -0.15) is 0 Å². The predicted molar refractivity (Wildman–Crippen MR) is 61.4 cm³/mol. The summed E-state index contributed by atoms with van der Waals surface area (Å²) < 4.78 is 16.4. The third kappa shape index (κ3) is 2.55. The molecule has 1 saturated heterocycles. The number of hydrogen-bond donors (Lipinski definition) is 0. The van der Waals surface area contributed by atoms with E-state index in [1.165, 1.54) is 0 Å². The molecule has 0 aromatic heterocycles. The van der Waals surface area contributed by atoms with E-state index in [9.17, 15) is 0 Å². The molecule has 3 nitrogen and oxygen atoms in total. The van der Waals surface area contributed by atoms with Gasteiger partial charge in [0.15, 0.2) is 6.29 Å². The van der Waals surface area contributed by atoms with Crippen LogP contribution in [-0.4, -0.2) is 25.7 Å². The minimum Gasteiger partial charge on any atom is -0.380 e. The van der Waals surface area contributed by atoms with Crippen LogP contribution in [-0.2, 0) is 20.8 Å². The second-order valence-electron chi connectivity index (χ2n) is 3.71. The minimum absolute atomic E-state index is 0.0118. The largest absolute Gasteiger partial charge is 0.380 e. The second-order valence-corrected chi connectivity index (χ2v) is 4.02. The van der Waals surface area contributed by atoms with E-state index in [-0.39, 0.29) is 12.4 Å². The molecule has 0 radical (unpaired) electrons. The molecular formula is C12H15ClO3. The topological polar surface area (TPSA) is 27.7 Å². The van der Waals surface area contributed by atoms with Gasteiger partial charge < -0.3 is 14.2 Å². The number of alkyl halides is 1. The van der Waals surface area contributed by atoms with E-state index < -0.39 is 0 Å². The first-order valence-corrected chi connectivity index (χ1v) is 5.78. The second kappa shape index (κ2) is 5.64. The number of methoxy groups -OCH3 is 1. The Balaban J connectivity index is 2.14. The zero-order chi connectivity index (χ0) is 11.4. The van der Waals surface area contributed by atoms with E-state index in [4.69, 9.17) is 25.8 Å². The molecule has 0 aliphatic carbocycles. The zero-order valence-corrected chi connectivity index (χ0v) is 9.94. The lowest BCUT2D eigenvalue weighted by molar-refractivity contribution is -0.0579. The maximum atomic E-state index is 5.73. The van der Waals surface area contributed by atoms with Gasteiger partial charge in [0.2, 0.25) is 0 Å². The van der Waals surface area contributed by atoms with Crippen molar-refractivity contribution < 1.29 is 14.2 Å². The van der Waals surface area contributed by atoms with Crippen LogP contribution in [0.1, 0.15) is 17.4 Å². The quantitative estimate of drug-likeness (QED) is 0.760. The highest BCUT2D eigenvalue weighted by atomic mass is 35.5. The smallest absolute Gasteiger partial charge is 0.184 e. The van der Waals surface area contributed by atoms with Gasteiger partial charge in [-0.25, -0.2) is 0 Å². The van der Waals surface area contributed by atoms with E-state index in [1.807, 2.05) is 24.3 Å². The van der Waals surface area contributed by atoms with Crippen molar-refractivity contribution in [1.29, 1.82) is 0 Å². The average Bonchev–Trinajstić information content (AvgIpc) is 2.79. The molecule has 0 amide bonds. The lowest BCUT2D eigenvalue weighted by Gasteiger charge is -2.14. The molecule has 4 heteroatoms. The zero-order valence-electron chi connectivity index (χ0n) is 9.19. The summed E-state index contributed by atoms with van der Waals surface area (Å²) in [6.45, 7) is 1.11. The fourth-order valence-electron chi connectivity index (χ4n) is 1.74. The molecule has 0 saturated carbocycles. The maximum absolute atomic E-state index is 5.73. The van der Waals surface area contributed by atoms with Gasteiger partial charge in [0.1, 0.15) is 0 Å². The molecule has 1 aromatic carbocycles. The molecule has 2 unspecified atom stereocenters. The number of benzene rings is 1. The normalized spacial score (nSPS) is 24.9. The number of hydrogen-bond acceptors (Lipinski definition) is 3. The summed E-state index contributed by atoms with van der Waals surface area (Å²) in [5.41, 5.74) is 2.11. The van der Waals surface area contributed by atoms with E-state index in [0.29, 0.717) is 19.1 Å². The molecular weight excluding hydrogens is 228 g/mol. The molecule has 0 bridgehead atoms.